The van der Waals surface area contributed by atoms with E-state index in [9.17, 15) is 10.2 Å². The molecule has 0 heterocycles. The van der Waals surface area contributed by atoms with Gasteiger partial charge in [-0.2, -0.15) is 0 Å². The van der Waals surface area contributed by atoms with Crippen molar-refractivity contribution in [1.82, 2.24) is 0 Å². The van der Waals surface area contributed by atoms with Crippen LogP contribution in [0.3, 0.4) is 0 Å². The lowest BCUT2D eigenvalue weighted by molar-refractivity contribution is 0.401. The van der Waals surface area contributed by atoms with Gasteiger partial charge in [0.2, 0.25) is 0 Å². The summed E-state index contributed by atoms with van der Waals surface area (Å²) in [7, 11) is 0. The van der Waals surface area contributed by atoms with Crippen LogP contribution in [0.5, 0.6) is 11.5 Å². The lowest BCUT2D eigenvalue weighted by atomic mass is 10.1. The van der Waals surface area contributed by atoms with Crippen molar-refractivity contribution in [2.24, 2.45) is 0 Å². The van der Waals surface area contributed by atoms with Gasteiger partial charge >= 0.3 is 0 Å². The second-order valence-corrected chi connectivity index (χ2v) is 4.24. The molecule has 0 fully saturated rings. The van der Waals surface area contributed by atoms with Gasteiger partial charge in [0.1, 0.15) is 0 Å². The topological polar surface area (TPSA) is 43.7 Å². The molecule has 0 spiro atoms. The zero-order chi connectivity index (χ0) is 11.6. The molecule has 3 nitrogen and oxygen atoms in total. The van der Waals surface area contributed by atoms with Gasteiger partial charge in [0.25, 0.3) is 0 Å². The summed E-state index contributed by atoms with van der Waals surface area (Å²) in [5.41, 5.74) is 0.681. The van der Waals surface area contributed by atoms with Gasteiger partial charge in [-0.05, 0) is 39.8 Å². The lowest BCUT2D eigenvalue weighted by Gasteiger charge is -2.33. The highest BCUT2D eigenvalue weighted by molar-refractivity contribution is 5.64. The van der Waals surface area contributed by atoms with Crippen LogP contribution in [0.4, 0.5) is 5.69 Å². The molecule has 1 rings (SSSR count). The number of aromatic hydroxyl groups is 2. The molecule has 0 atom stereocenters. The molecule has 1 aromatic rings. The van der Waals surface area contributed by atoms with E-state index in [2.05, 4.69) is 32.6 Å². The van der Waals surface area contributed by atoms with Crippen molar-refractivity contribution in [1.29, 1.82) is 0 Å². The fraction of sp³-hybridized carbons (Fsp3) is 0.500. The first-order chi connectivity index (χ1) is 6.95. The number of hydrogen-bond donors (Lipinski definition) is 2. The Labute approximate surface area is 91.0 Å². The second kappa shape index (κ2) is 4.43. The van der Waals surface area contributed by atoms with Crippen molar-refractivity contribution in [3.05, 3.63) is 18.2 Å². The quantitative estimate of drug-likeness (QED) is 0.752. The molecule has 0 unspecified atom stereocenters. The van der Waals surface area contributed by atoms with Crippen molar-refractivity contribution in [3.8, 4) is 11.5 Å². The lowest BCUT2D eigenvalue weighted by Crippen LogP contribution is -2.36. The smallest absolute Gasteiger partial charge is 0.181 e. The van der Waals surface area contributed by atoms with Crippen LogP contribution in [-0.4, -0.2) is 22.3 Å². The van der Waals surface area contributed by atoms with E-state index in [0.29, 0.717) is 5.69 Å². The van der Waals surface area contributed by atoms with E-state index in [-0.39, 0.29) is 23.6 Å². The highest BCUT2D eigenvalue weighted by atomic mass is 16.3. The van der Waals surface area contributed by atoms with Crippen LogP contribution in [0.2, 0.25) is 0 Å². The number of phenols is 2. The van der Waals surface area contributed by atoms with Crippen LogP contribution >= 0.6 is 0 Å². The average Bonchev–Trinajstić information content (AvgIpc) is 2.11. The van der Waals surface area contributed by atoms with E-state index in [4.69, 9.17) is 0 Å². The Morgan fingerprint density at radius 1 is 1.00 bits per heavy atom. The number of phenolic OH excluding ortho intramolecular Hbond substituents is 2. The molecule has 2 N–H and O–H groups in total. The molecule has 0 aromatic heterocycles. The van der Waals surface area contributed by atoms with E-state index < -0.39 is 0 Å². The summed E-state index contributed by atoms with van der Waals surface area (Å²) in [5.74, 6) is -0.112. The van der Waals surface area contributed by atoms with Gasteiger partial charge in [0, 0.05) is 12.1 Å². The molecule has 0 bridgehead atoms. The van der Waals surface area contributed by atoms with Gasteiger partial charge in [-0.3, -0.25) is 0 Å². The number of hydrogen-bond acceptors (Lipinski definition) is 3. The average molecular weight is 209 g/mol. The van der Waals surface area contributed by atoms with E-state index in [1.165, 1.54) is 6.07 Å². The third-order valence-corrected chi connectivity index (χ3v) is 2.38. The third kappa shape index (κ3) is 2.35. The molecule has 0 saturated carbocycles. The van der Waals surface area contributed by atoms with Crippen molar-refractivity contribution in [2.75, 3.05) is 4.90 Å². The Hall–Kier alpha value is -1.38. The minimum atomic E-state index is -0.0706. The van der Waals surface area contributed by atoms with Crippen LogP contribution in [0, 0.1) is 0 Å². The van der Waals surface area contributed by atoms with Crippen molar-refractivity contribution < 1.29 is 10.2 Å². The molecular formula is C12H19NO2. The zero-order valence-corrected chi connectivity index (χ0v) is 9.73. The van der Waals surface area contributed by atoms with Crippen LogP contribution < -0.4 is 4.90 Å². The Balaban J connectivity index is 3.17. The number of nitrogens with zero attached hydrogens (tertiary/aromatic N) is 1. The number of anilines is 1. The molecule has 1 aromatic carbocycles. The maximum atomic E-state index is 9.77. The highest BCUT2D eigenvalue weighted by Gasteiger charge is 2.18. The fourth-order valence-corrected chi connectivity index (χ4v) is 1.88. The predicted octanol–water partition coefficient (Wildman–Crippen LogP) is 2.72. The first kappa shape index (κ1) is 11.7. The molecule has 0 radical (unpaired) electrons. The second-order valence-electron chi connectivity index (χ2n) is 4.24. The molecular weight excluding hydrogens is 190 g/mol. The summed E-state index contributed by atoms with van der Waals surface area (Å²) in [6.07, 6.45) is 0. The van der Waals surface area contributed by atoms with E-state index in [0.717, 1.165) is 0 Å². The molecule has 84 valence electrons. The minimum absolute atomic E-state index is 0.0418. The third-order valence-electron chi connectivity index (χ3n) is 2.38. The number of benzene rings is 1. The molecule has 0 aliphatic heterocycles. The van der Waals surface area contributed by atoms with Crippen molar-refractivity contribution in [3.63, 3.8) is 0 Å². The van der Waals surface area contributed by atoms with Gasteiger partial charge in [-0.1, -0.05) is 6.07 Å². The predicted molar refractivity (Wildman–Crippen MR) is 62.5 cm³/mol. The summed E-state index contributed by atoms with van der Waals surface area (Å²) in [5, 5.41) is 19.2. The standard InChI is InChI=1S/C12H19NO2/c1-8(2)13(9(3)4)10-6-5-7-11(14)12(10)15/h5-9,14-15H,1-4H3. The Morgan fingerprint density at radius 3 is 2.00 bits per heavy atom. The molecule has 15 heavy (non-hydrogen) atoms. The SMILES string of the molecule is CC(C)N(c1cccc(O)c1O)C(C)C. The summed E-state index contributed by atoms with van der Waals surface area (Å²) < 4.78 is 0. The highest BCUT2D eigenvalue weighted by Crippen LogP contribution is 2.37. The van der Waals surface area contributed by atoms with E-state index in [1.54, 1.807) is 6.07 Å². The van der Waals surface area contributed by atoms with Gasteiger partial charge in [-0.25, -0.2) is 0 Å². The molecule has 0 aliphatic rings. The van der Waals surface area contributed by atoms with Gasteiger partial charge < -0.3 is 15.1 Å². The first-order valence-corrected chi connectivity index (χ1v) is 5.24. The van der Waals surface area contributed by atoms with E-state index >= 15 is 0 Å². The largest absolute Gasteiger partial charge is 0.504 e. The molecule has 0 aliphatic carbocycles. The maximum absolute atomic E-state index is 9.77. The van der Waals surface area contributed by atoms with Gasteiger partial charge in [-0.15, -0.1) is 0 Å². The summed E-state index contributed by atoms with van der Waals surface area (Å²) in [6.45, 7) is 8.24. The molecule has 3 heteroatoms. The monoisotopic (exact) mass is 209 g/mol. The summed E-state index contributed by atoms with van der Waals surface area (Å²) >= 11 is 0. The number of rotatable bonds is 3. The fourth-order valence-electron chi connectivity index (χ4n) is 1.88. The maximum Gasteiger partial charge on any atom is 0.181 e. The van der Waals surface area contributed by atoms with Crippen molar-refractivity contribution in [2.45, 2.75) is 39.8 Å². The minimum Gasteiger partial charge on any atom is -0.504 e. The van der Waals surface area contributed by atoms with Crippen LogP contribution in [0.25, 0.3) is 0 Å². The Bertz CT molecular complexity index is 326. The summed E-state index contributed by atoms with van der Waals surface area (Å²) in [6, 6.07) is 5.59. The molecule has 0 amide bonds. The number of para-hydroxylation sites is 1. The van der Waals surface area contributed by atoms with Crippen LogP contribution in [-0.2, 0) is 0 Å². The Morgan fingerprint density at radius 2 is 1.53 bits per heavy atom. The first-order valence-electron chi connectivity index (χ1n) is 5.24. The van der Waals surface area contributed by atoms with Gasteiger partial charge in [0.15, 0.2) is 11.5 Å². The zero-order valence-electron chi connectivity index (χ0n) is 9.73. The Kier molecular flexibility index (Phi) is 3.45. The summed E-state index contributed by atoms with van der Waals surface area (Å²) in [4.78, 5) is 2.06. The van der Waals surface area contributed by atoms with Crippen LogP contribution in [0.1, 0.15) is 27.7 Å². The van der Waals surface area contributed by atoms with Crippen LogP contribution in [0.15, 0.2) is 18.2 Å². The normalized spacial score (nSPS) is 11.1. The van der Waals surface area contributed by atoms with E-state index in [1.807, 2.05) is 6.07 Å². The van der Waals surface area contributed by atoms with Gasteiger partial charge in [0.05, 0.1) is 5.69 Å². The molecule has 0 saturated heterocycles. The van der Waals surface area contributed by atoms with Crippen molar-refractivity contribution >= 4 is 5.69 Å².